The molecule has 0 N–H and O–H groups in total. The van der Waals surface area contributed by atoms with E-state index >= 15 is 0 Å². The maximum atomic E-state index is 12.2. The zero-order valence-corrected chi connectivity index (χ0v) is 16.1. The lowest BCUT2D eigenvalue weighted by molar-refractivity contribution is 0.237. The molecule has 0 spiro atoms. The largest absolute Gasteiger partial charge is 0.212 e. The van der Waals surface area contributed by atoms with Gasteiger partial charge in [0.2, 0.25) is 10.0 Å². The topological polar surface area (TPSA) is 37.4 Å². The van der Waals surface area contributed by atoms with Crippen LogP contribution in [0.2, 0.25) is 0 Å². The highest BCUT2D eigenvalue weighted by atomic mass is 32.2. The molecule has 0 radical (unpaired) electrons. The fraction of sp³-hybridized carbons (Fsp3) is 0.667. The van der Waals surface area contributed by atoms with E-state index in [1.807, 2.05) is 0 Å². The van der Waals surface area contributed by atoms with Crippen molar-refractivity contribution in [2.24, 2.45) is 5.92 Å². The number of rotatable bonds is 2. The summed E-state index contributed by atoms with van der Waals surface area (Å²) in [5, 5.41) is 0. The third-order valence-corrected chi connectivity index (χ3v) is 7.48. The molecule has 0 bridgehead atoms. The van der Waals surface area contributed by atoms with Crippen LogP contribution in [0, 0.1) is 33.6 Å². The average molecular weight is 324 g/mol. The summed E-state index contributed by atoms with van der Waals surface area (Å²) in [4.78, 5) is 0. The molecule has 0 saturated heterocycles. The minimum absolute atomic E-state index is 0.0355. The number of benzene rings is 1. The van der Waals surface area contributed by atoms with Crippen LogP contribution >= 0.6 is 0 Å². The third-order valence-electron chi connectivity index (χ3n) is 6.20. The summed E-state index contributed by atoms with van der Waals surface area (Å²) in [5.41, 5.74) is 7.72. The predicted molar refractivity (Wildman–Crippen MR) is 92.9 cm³/mol. The molecule has 0 heterocycles. The molecular weight excluding hydrogens is 294 g/mol. The molecule has 1 aliphatic rings. The average Bonchev–Trinajstić information content (AvgIpc) is 2.60. The standard InChI is InChI=1S/C18H29NO2S/c1-10-11(2)13(4)16-15(12(10)3)17(14(5)18(16,6)7)19(8)22(9,20)21/h14,17H,1-9H3. The van der Waals surface area contributed by atoms with Crippen molar-refractivity contribution in [3.05, 3.63) is 33.4 Å². The summed E-state index contributed by atoms with van der Waals surface area (Å²) in [6.07, 6.45) is 1.30. The van der Waals surface area contributed by atoms with E-state index < -0.39 is 10.0 Å². The Morgan fingerprint density at radius 2 is 1.41 bits per heavy atom. The Bertz CT molecular complexity index is 732. The first kappa shape index (κ1) is 17.5. The fourth-order valence-electron chi connectivity index (χ4n) is 4.12. The molecule has 4 heteroatoms. The molecular formula is C18H29NO2S. The number of sulfonamides is 1. The van der Waals surface area contributed by atoms with Crippen LogP contribution in [0.5, 0.6) is 0 Å². The summed E-state index contributed by atoms with van der Waals surface area (Å²) >= 11 is 0. The highest BCUT2D eigenvalue weighted by Crippen LogP contribution is 2.55. The second-order valence-corrected chi connectivity index (χ2v) is 9.57. The minimum Gasteiger partial charge on any atom is -0.212 e. The fourth-order valence-corrected chi connectivity index (χ4v) is 4.82. The Morgan fingerprint density at radius 3 is 1.86 bits per heavy atom. The molecule has 0 aliphatic heterocycles. The summed E-state index contributed by atoms with van der Waals surface area (Å²) < 4.78 is 25.9. The smallest absolute Gasteiger partial charge is 0.211 e. The van der Waals surface area contributed by atoms with Crippen molar-refractivity contribution in [3.8, 4) is 0 Å². The zero-order chi connectivity index (χ0) is 17.2. The van der Waals surface area contributed by atoms with E-state index in [0.717, 1.165) is 0 Å². The van der Waals surface area contributed by atoms with E-state index in [0.29, 0.717) is 0 Å². The van der Waals surface area contributed by atoms with Crippen molar-refractivity contribution in [1.29, 1.82) is 0 Å². The maximum absolute atomic E-state index is 12.2. The molecule has 2 atom stereocenters. The molecule has 3 nitrogen and oxygen atoms in total. The summed E-state index contributed by atoms with van der Waals surface area (Å²) in [6, 6.07) is -0.0852. The minimum atomic E-state index is -3.23. The van der Waals surface area contributed by atoms with Gasteiger partial charge in [-0.25, -0.2) is 8.42 Å². The first-order chi connectivity index (χ1) is 9.83. The predicted octanol–water partition coefficient (Wildman–Crippen LogP) is 3.78. The Labute approximate surface area is 135 Å². The molecule has 22 heavy (non-hydrogen) atoms. The molecule has 0 saturated carbocycles. The number of fused-ring (bicyclic) bond motifs is 1. The van der Waals surface area contributed by atoms with E-state index in [1.54, 1.807) is 11.4 Å². The van der Waals surface area contributed by atoms with Crippen LogP contribution in [0.1, 0.15) is 60.2 Å². The molecule has 1 aromatic rings. The van der Waals surface area contributed by atoms with Crippen molar-refractivity contribution >= 4 is 10.0 Å². The van der Waals surface area contributed by atoms with Crippen molar-refractivity contribution in [3.63, 3.8) is 0 Å². The molecule has 124 valence electrons. The molecule has 0 amide bonds. The molecule has 0 fully saturated rings. The van der Waals surface area contributed by atoms with Gasteiger partial charge >= 0.3 is 0 Å². The molecule has 2 unspecified atom stereocenters. The molecule has 1 aliphatic carbocycles. The first-order valence-corrected chi connectivity index (χ1v) is 9.72. The van der Waals surface area contributed by atoms with Gasteiger partial charge in [-0.1, -0.05) is 20.8 Å². The lowest BCUT2D eigenvalue weighted by Crippen LogP contribution is -2.35. The lowest BCUT2D eigenvalue weighted by Gasteiger charge is -2.32. The van der Waals surface area contributed by atoms with Crippen molar-refractivity contribution in [2.75, 3.05) is 13.3 Å². The summed E-state index contributed by atoms with van der Waals surface area (Å²) in [6.45, 7) is 15.3. The van der Waals surface area contributed by atoms with Crippen LogP contribution in [0.4, 0.5) is 0 Å². The van der Waals surface area contributed by atoms with Gasteiger partial charge in [-0.15, -0.1) is 0 Å². The summed E-state index contributed by atoms with van der Waals surface area (Å²) in [7, 11) is -1.52. The zero-order valence-electron chi connectivity index (χ0n) is 15.3. The molecule has 1 aromatic carbocycles. The van der Waals surface area contributed by atoms with Gasteiger partial charge < -0.3 is 0 Å². The van der Waals surface area contributed by atoms with Gasteiger partial charge in [-0.2, -0.15) is 4.31 Å². The van der Waals surface area contributed by atoms with E-state index in [1.165, 1.54) is 39.6 Å². The van der Waals surface area contributed by atoms with E-state index in [-0.39, 0.29) is 17.4 Å². The number of hydrogen-bond donors (Lipinski definition) is 0. The monoisotopic (exact) mass is 323 g/mol. The van der Waals surface area contributed by atoms with Crippen molar-refractivity contribution in [1.82, 2.24) is 4.31 Å². The van der Waals surface area contributed by atoms with Gasteiger partial charge in [-0.05, 0) is 72.4 Å². The van der Waals surface area contributed by atoms with Gasteiger partial charge in [0.05, 0.1) is 12.3 Å². The Kier molecular flexibility index (Phi) is 4.03. The maximum Gasteiger partial charge on any atom is 0.211 e. The Hall–Kier alpha value is -0.870. The normalized spacial score (nSPS) is 23.9. The van der Waals surface area contributed by atoms with Gasteiger partial charge in [0.1, 0.15) is 0 Å². The van der Waals surface area contributed by atoms with Crippen molar-refractivity contribution < 1.29 is 8.42 Å². The van der Waals surface area contributed by atoms with E-state index in [4.69, 9.17) is 0 Å². The lowest BCUT2D eigenvalue weighted by atomic mass is 9.76. The van der Waals surface area contributed by atoms with Crippen LogP contribution in [-0.4, -0.2) is 26.0 Å². The SMILES string of the molecule is Cc1c(C)c(C)c2c(c1C)C(N(C)S(C)(=O)=O)C(C)C2(C)C. The van der Waals surface area contributed by atoms with Crippen LogP contribution in [0.15, 0.2) is 0 Å². The number of hydrogen-bond acceptors (Lipinski definition) is 2. The van der Waals surface area contributed by atoms with Crippen LogP contribution < -0.4 is 0 Å². The van der Waals surface area contributed by atoms with E-state index in [2.05, 4.69) is 48.5 Å². The highest BCUT2D eigenvalue weighted by Gasteiger charge is 2.49. The van der Waals surface area contributed by atoms with E-state index in [9.17, 15) is 8.42 Å². The first-order valence-electron chi connectivity index (χ1n) is 7.87. The summed E-state index contributed by atoms with van der Waals surface area (Å²) in [5.74, 6) is 0.237. The van der Waals surface area contributed by atoms with Crippen molar-refractivity contribution in [2.45, 2.75) is 59.9 Å². The van der Waals surface area contributed by atoms with Crippen LogP contribution in [0.25, 0.3) is 0 Å². The number of nitrogens with zero attached hydrogens (tertiary/aromatic N) is 1. The molecule has 2 rings (SSSR count). The van der Waals surface area contributed by atoms with Gasteiger partial charge in [0.15, 0.2) is 0 Å². The third kappa shape index (κ3) is 2.23. The van der Waals surface area contributed by atoms with Gasteiger partial charge in [0.25, 0.3) is 0 Å². The van der Waals surface area contributed by atoms with Gasteiger partial charge in [0, 0.05) is 7.05 Å². The molecule has 0 aromatic heterocycles. The highest BCUT2D eigenvalue weighted by molar-refractivity contribution is 7.88. The van der Waals surface area contributed by atoms with Gasteiger partial charge in [-0.3, -0.25) is 0 Å². The second kappa shape index (κ2) is 5.07. The Morgan fingerprint density at radius 1 is 0.955 bits per heavy atom. The Balaban J connectivity index is 2.87. The van der Waals surface area contributed by atoms with Crippen LogP contribution in [-0.2, 0) is 15.4 Å². The second-order valence-electron chi connectivity index (χ2n) is 7.52. The quantitative estimate of drug-likeness (QED) is 0.830. The van der Waals surface area contributed by atoms with Crippen LogP contribution in [0.3, 0.4) is 0 Å².